The van der Waals surface area contributed by atoms with Gasteiger partial charge in [-0.15, -0.1) is 0 Å². The fraction of sp³-hybridized carbons (Fsp3) is 0.818. The van der Waals surface area contributed by atoms with Crippen LogP contribution in [0.25, 0.3) is 0 Å². The first-order valence-corrected chi connectivity index (χ1v) is 6.63. The minimum atomic E-state index is 0.499. The molecule has 3 heteroatoms. The summed E-state index contributed by atoms with van der Waals surface area (Å²) >= 11 is 1.99. The predicted octanol–water partition coefficient (Wildman–Crippen LogP) is 2.01. The van der Waals surface area contributed by atoms with Gasteiger partial charge < -0.3 is 11.1 Å². The SMILES string of the molecule is C/C=C/CCNC(CN)CCSCC. The lowest BCUT2D eigenvalue weighted by molar-refractivity contribution is 0.514. The molecule has 1 atom stereocenters. The minimum Gasteiger partial charge on any atom is -0.329 e. The van der Waals surface area contributed by atoms with E-state index in [-0.39, 0.29) is 0 Å². The molecule has 84 valence electrons. The zero-order valence-corrected chi connectivity index (χ0v) is 10.3. The summed E-state index contributed by atoms with van der Waals surface area (Å²) < 4.78 is 0. The first-order valence-electron chi connectivity index (χ1n) is 5.47. The van der Waals surface area contributed by atoms with Crippen molar-refractivity contribution in [2.24, 2.45) is 5.73 Å². The van der Waals surface area contributed by atoms with Crippen molar-refractivity contribution in [2.45, 2.75) is 32.7 Å². The second-order valence-electron chi connectivity index (χ2n) is 3.23. The Labute approximate surface area is 92.7 Å². The lowest BCUT2D eigenvalue weighted by Crippen LogP contribution is -2.37. The summed E-state index contributed by atoms with van der Waals surface area (Å²) in [6.07, 6.45) is 6.56. The van der Waals surface area contributed by atoms with Crippen LogP contribution < -0.4 is 11.1 Å². The van der Waals surface area contributed by atoms with Crippen LogP contribution in [0.5, 0.6) is 0 Å². The number of rotatable bonds is 9. The molecule has 0 aromatic carbocycles. The number of hydrogen-bond acceptors (Lipinski definition) is 3. The molecule has 0 heterocycles. The molecule has 14 heavy (non-hydrogen) atoms. The summed E-state index contributed by atoms with van der Waals surface area (Å²) in [6, 6.07) is 0.499. The van der Waals surface area contributed by atoms with Crippen LogP contribution in [0.4, 0.5) is 0 Å². The molecular formula is C11H24N2S. The predicted molar refractivity (Wildman–Crippen MR) is 67.9 cm³/mol. The van der Waals surface area contributed by atoms with Crippen molar-refractivity contribution in [3.63, 3.8) is 0 Å². The lowest BCUT2D eigenvalue weighted by atomic mass is 10.2. The van der Waals surface area contributed by atoms with Crippen molar-refractivity contribution >= 4 is 11.8 Å². The molecule has 0 aromatic heterocycles. The monoisotopic (exact) mass is 216 g/mol. The van der Waals surface area contributed by atoms with Crippen LogP contribution in [-0.4, -0.2) is 30.6 Å². The van der Waals surface area contributed by atoms with E-state index in [0.29, 0.717) is 6.04 Å². The van der Waals surface area contributed by atoms with Crippen LogP contribution >= 0.6 is 11.8 Å². The molecule has 0 radical (unpaired) electrons. The Balaban J connectivity index is 3.37. The number of allylic oxidation sites excluding steroid dienone is 1. The third-order valence-corrected chi connectivity index (χ3v) is 3.01. The van der Waals surface area contributed by atoms with E-state index in [1.807, 2.05) is 11.8 Å². The molecule has 0 rings (SSSR count). The molecule has 0 amide bonds. The summed E-state index contributed by atoms with van der Waals surface area (Å²) in [4.78, 5) is 0. The van der Waals surface area contributed by atoms with Gasteiger partial charge in [0.15, 0.2) is 0 Å². The summed E-state index contributed by atoms with van der Waals surface area (Å²) in [7, 11) is 0. The quantitative estimate of drug-likeness (QED) is 0.457. The van der Waals surface area contributed by atoms with E-state index < -0.39 is 0 Å². The zero-order valence-electron chi connectivity index (χ0n) is 9.46. The number of thioether (sulfide) groups is 1. The van der Waals surface area contributed by atoms with E-state index in [4.69, 9.17) is 5.73 Å². The molecule has 0 saturated heterocycles. The van der Waals surface area contributed by atoms with Gasteiger partial charge in [0.1, 0.15) is 0 Å². The van der Waals surface area contributed by atoms with Crippen LogP contribution in [0.2, 0.25) is 0 Å². The average molecular weight is 216 g/mol. The Morgan fingerprint density at radius 3 is 2.86 bits per heavy atom. The van der Waals surface area contributed by atoms with E-state index in [1.54, 1.807) is 0 Å². The number of nitrogens with one attached hydrogen (secondary N) is 1. The van der Waals surface area contributed by atoms with Gasteiger partial charge in [-0.25, -0.2) is 0 Å². The van der Waals surface area contributed by atoms with Crippen LogP contribution in [0.1, 0.15) is 26.7 Å². The average Bonchev–Trinajstić information content (AvgIpc) is 2.22. The fourth-order valence-electron chi connectivity index (χ4n) is 1.21. The third kappa shape index (κ3) is 8.60. The lowest BCUT2D eigenvalue weighted by Gasteiger charge is -2.15. The Morgan fingerprint density at radius 1 is 1.50 bits per heavy atom. The van der Waals surface area contributed by atoms with Gasteiger partial charge in [0.25, 0.3) is 0 Å². The van der Waals surface area contributed by atoms with Gasteiger partial charge in [0.05, 0.1) is 0 Å². The summed E-state index contributed by atoms with van der Waals surface area (Å²) in [5.74, 6) is 2.42. The van der Waals surface area contributed by atoms with E-state index in [0.717, 1.165) is 19.5 Å². The normalized spacial score (nSPS) is 13.6. The standard InChI is InChI=1S/C11H24N2S/c1-3-5-6-8-13-11(10-12)7-9-14-4-2/h3,5,11,13H,4,6-10,12H2,1-2H3/b5-3+. The summed E-state index contributed by atoms with van der Waals surface area (Å²) in [5.41, 5.74) is 5.68. The first-order chi connectivity index (χ1) is 6.85. The molecule has 0 spiro atoms. The van der Waals surface area contributed by atoms with Gasteiger partial charge in [-0.2, -0.15) is 11.8 Å². The van der Waals surface area contributed by atoms with Crippen molar-refractivity contribution in [3.8, 4) is 0 Å². The number of nitrogens with two attached hydrogens (primary N) is 1. The van der Waals surface area contributed by atoms with E-state index in [9.17, 15) is 0 Å². The second kappa shape index (κ2) is 11.1. The van der Waals surface area contributed by atoms with E-state index >= 15 is 0 Å². The zero-order chi connectivity index (χ0) is 10.6. The Bertz CT molecular complexity index is 137. The number of hydrogen-bond donors (Lipinski definition) is 2. The van der Waals surface area contributed by atoms with Gasteiger partial charge in [-0.05, 0) is 37.8 Å². The van der Waals surface area contributed by atoms with Gasteiger partial charge >= 0.3 is 0 Å². The highest BCUT2D eigenvalue weighted by molar-refractivity contribution is 7.99. The molecule has 0 fully saturated rings. The van der Waals surface area contributed by atoms with Gasteiger partial charge in [-0.1, -0.05) is 19.1 Å². The molecule has 0 aliphatic carbocycles. The van der Waals surface area contributed by atoms with Gasteiger partial charge in [-0.3, -0.25) is 0 Å². The molecule has 0 aliphatic rings. The maximum Gasteiger partial charge on any atom is 0.0198 e. The van der Waals surface area contributed by atoms with Crippen molar-refractivity contribution in [2.75, 3.05) is 24.6 Å². The Hall–Kier alpha value is 0.0100. The Kier molecular flexibility index (Phi) is 11.1. The highest BCUT2D eigenvalue weighted by Crippen LogP contribution is 2.03. The second-order valence-corrected chi connectivity index (χ2v) is 4.62. The largest absolute Gasteiger partial charge is 0.329 e. The summed E-state index contributed by atoms with van der Waals surface area (Å²) in [6.45, 7) is 6.04. The molecule has 0 aromatic rings. The molecule has 0 bridgehead atoms. The van der Waals surface area contributed by atoms with Crippen molar-refractivity contribution < 1.29 is 0 Å². The minimum absolute atomic E-state index is 0.499. The first kappa shape index (κ1) is 14.0. The van der Waals surface area contributed by atoms with E-state index in [1.165, 1.54) is 17.9 Å². The smallest absolute Gasteiger partial charge is 0.0198 e. The molecule has 0 saturated carbocycles. The molecular weight excluding hydrogens is 192 g/mol. The van der Waals surface area contributed by atoms with E-state index in [2.05, 4.69) is 31.3 Å². The van der Waals surface area contributed by atoms with Crippen LogP contribution in [0, 0.1) is 0 Å². The molecule has 0 aliphatic heterocycles. The third-order valence-electron chi connectivity index (χ3n) is 2.08. The maximum atomic E-state index is 5.68. The highest BCUT2D eigenvalue weighted by Gasteiger charge is 2.03. The van der Waals surface area contributed by atoms with Crippen molar-refractivity contribution in [1.29, 1.82) is 0 Å². The van der Waals surface area contributed by atoms with Gasteiger partial charge in [0.2, 0.25) is 0 Å². The van der Waals surface area contributed by atoms with Crippen LogP contribution in [0.3, 0.4) is 0 Å². The topological polar surface area (TPSA) is 38.0 Å². The molecule has 2 nitrogen and oxygen atoms in total. The highest BCUT2D eigenvalue weighted by atomic mass is 32.2. The fourth-order valence-corrected chi connectivity index (χ4v) is 1.95. The maximum absolute atomic E-state index is 5.68. The van der Waals surface area contributed by atoms with Crippen LogP contribution in [0.15, 0.2) is 12.2 Å². The Morgan fingerprint density at radius 2 is 2.29 bits per heavy atom. The van der Waals surface area contributed by atoms with Crippen molar-refractivity contribution in [1.82, 2.24) is 5.32 Å². The summed E-state index contributed by atoms with van der Waals surface area (Å²) in [5, 5.41) is 3.47. The van der Waals surface area contributed by atoms with Crippen LogP contribution in [-0.2, 0) is 0 Å². The van der Waals surface area contributed by atoms with Gasteiger partial charge in [0, 0.05) is 12.6 Å². The molecule has 3 N–H and O–H groups in total. The van der Waals surface area contributed by atoms with Crippen molar-refractivity contribution in [3.05, 3.63) is 12.2 Å². The molecule has 1 unspecified atom stereocenters.